The van der Waals surface area contributed by atoms with Crippen molar-refractivity contribution in [3.8, 4) is 11.5 Å². The van der Waals surface area contributed by atoms with E-state index in [1.165, 1.54) is 32.1 Å². The van der Waals surface area contributed by atoms with E-state index in [1.807, 2.05) is 0 Å². The van der Waals surface area contributed by atoms with Gasteiger partial charge in [0.1, 0.15) is 11.5 Å². The maximum Gasteiger partial charge on any atom is 0.417 e. The Kier molecular flexibility index (Phi) is 8.86. The van der Waals surface area contributed by atoms with Gasteiger partial charge < -0.3 is 9.47 Å². The van der Waals surface area contributed by atoms with Crippen LogP contribution in [0, 0.1) is 0 Å². The molecule has 3 aromatic carbocycles. The summed E-state index contributed by atoms with van der Waals surface area (Å²) in [6.45, 7) is 10.1. The Morgan fingerprint density at radius 2 is 1.21 bits per heavy atom. The van der Waals surface area contributed by atoms with Crippen LogP contribution < -0.4 is 9.47 Å². The van der Waals surface area contributed by atoms with Gasteiger partial charge >= 0.3 is 18.1 Å². The number of hydrogen-bond acceptors (Lipinski definition) is 4. The Balaban J connectivity index is 1.79. The second kappa shape index (κ2) is 12.1. The SMILES string of the molecule is C=C(C)C(=O)Oc1ccc(/C=C/c2ccc(/C=C/c3cccc(OC(=O)C(=C)C)c3)c(C(F)(F)F)c2)cc1. The van der Waals surface area contributed by atoms with Crippen molar-refractivity contribution in [2.45, 2.75) is 20.0 Å². The molecule has 0 aliphatic carbocycles. The summed E-state index contributed by atoms with van der Waals surface area (Å²) in [4.78, 5) is 23.3. The van der Waals surface area contributed by atoms with Gasteiger partial charge in [-0.2, -0.15) is 13.2 Å². The molecule has 0 N–H and O–H groups in total. The molecule has 0 bridgehead atoms. The van der Waals surface area contributed by atoms with E-state index in [2.05, 4.69) is 13.2 Å². The molecule has 3 aromatic rings. The predicted octanol–water partition coefficient (Wildman–Crippen LogP) is 8.01. The molecule has 3 rings (SSSR count). The van der Waals surface area contributed by atoms with Crippen LogP contribution in [-0.4, -0.2) is 11.9 Å². The quantitative estimate of drug-likeness (QED) is 0.131. The number of esters is 2. The normalized spacial score (nSPS) is 11.5. The molecule has 0 aliphatic heterocycles. The van der Waals surface area contributed by atoms with Crippen LogP contribution in [0.25, 0.3) is 24.3 Å². The fourth-order valence-corrected chi connectivity index (χ4v) is 3.16. The first kappa shape index (κ1) is 27.9. The van der Waals surface area contributed by atoms with Gasteiger partial charge in [-0.05, 0) is 66.4 Å². The largest absolute Gasteiger partial charge is 0.423 e. The Labute approximate surface area is 219 Å². The van der Waals surface area contributed by atoms with Crippen molar-refractivity contribution in [2.75, 3.05) is 0 Å². The van der Waals surface area contributed by atoms with Gasteiger partial charge in [-0.1, -0.05) is 73.9 Å². The van der Waals surface area contributed by atoms with Crippen molar-refractivity contribution in [1.29, 1.82) is 0 Å². The third-order valence-corrected chi connectivity index (χ3v) is 5.16. The van der Waals surface area contributed by atoms with Gasteiger partial charge in [-0.15, -0.1) is 0 Å². The highest BCUT2D eigenvalue weighted by Gasteiger charge is 2.32. The van der Waals surface area contributed by atoms with Crippen LogP contribution in [0.15, 0.2) is 91.0 Å². The number of benzene rings is 3. The summed E-state index contributed by atoms with van der Waals surface area (Å²) in [6.07, 6.45) is 1.53. The monoisotopic (exact) mass is 518 g/mol. The number of carbonyl (C=O) groups is 2. The smallest absolute Gasteiger partial charge is 0.417 e. The number of rotatable bonds is 8. The highest BCUT2D eigenvalue weighted by molar-refractivity contribution is 5.89. The standard InChI is InChI=1S/C31H25F3O4/c1-20(2)29(35)37-26-16-12-22(13-17-26)8-9-24-11-15-25(28(19-24)31(32,33)34)14-10-23-6-5-7-27(18-23)38-30(36)21(3)4/h5-19H,1,3H2,2,4H3/b9-8+,14-10+. The first-order valence-corrected chi connectivity index (χ1v) is 11.5. The summed E-state index contributed by atoms with van der Waals surface area (Å²) in [5.41, 5.74) is 1.34. The summed E-state index contributed by atoms with van der Waals surface area (Å²) < 4.78 is 51.8. The van der Waals surface area contributed by atoms with Gasteiger partial charge in [0, 0.05) is 11.1 Å². The van der Waals surface area contributed by atoms with Crippen LogP contribution in [-0.2, 0) is 15.8 Å². The molecule has 0 spiro atoms. The van der Waals surface area contributed by atoms with E-state index in [0.29, 0.717) is 22.4 Å². The Morgan fingerprint density at radius 3 is 1.82 bits per heavy atom. The minimum Gasteiger partial charge on any atom is -0.423 e. The van der Waals surface area contributed by atoms with E-state index in [-0.39, 0.29) is 22.5 Å². The molecule has 38 heavy (non-hydrogen) atoms. The zero-order valence-corrected chi connectivity index (χ0v) is 20.8. The molecule has 0 saturated heterocycles. The lowest BCUT2D eigenvalue weighted by Crippen LogP contribution is -2.08. The van der Waals surface area contributed by atoms with Crippen molar-refractivity contribution >= 4 is 36.2 Å². The lowest BCUT2D eigenvalue weighted by Gasteiger charge is -2.11. The lowest BCUT2D eigenvalue weighted by molar-refractivity contribution is -0.137. The number of hydrogen-bond donors (Lipinski definition) is 0. The third-order valence-electron chi connectivity index (χ3n) is 5.16. The number of alkyl halides is 3. The molecule has 0 aliphatic rings. The van der Waals surface area contributed by atoms with Gasteiger partial charge in [-0.25, -0.2) is 9.59 Å². The molecule has 7 heteroatoms. The fraction of sp³-hybridized carbons (Fsp3) is 0.0968. The molecule has 0 saturated carbocycles. The summed E-state index contributed by atoms with van der Waals surface area (Å²) in [6, 6.07) is 17.0. The molecule has 0 amide bonds. The molecule has 4 nitrogen and oxygen atoms in total. The number of carbonyl (C=O) groups excluding carboxylic acids is 2. The molecule has 0 atom stereocenters. The zero-order valence-electron chi connectivity index (χ0n) is 20.8. The van der Waals surface area contributed by atoms with Crippen LogP contribution in [0.3, 0.4) is 0 Å². The Hall–Kier alpha value is -4.65. The molecular formula is C31H25F3O4. The Bertz CT molecular complexity index is 1430. The zero-order chi connectivity index (χ0) is 27.9. The van der Waals surface area contributed by atoms with Crippen molar-refractivity contribution in [2.24, 2.45) is 0 Å². The third kappa shape index (κ3) is 7.93. The van der Waals surface area contributed by atoms with Gasteiger partial charge in [0.15, 0.2) is 0 Å². The van der Waals surface area contributed by atoms with E-state index in [9.17, 15) is 22.8 Å². The molecule has 0 aromatic heterocycles. The van der Waals surface area contributed by atoms with E-state index in [4.69, 9.17) is 9.47 Å². The van der Waals surface area contributed by atoms with E-state index < -0.39 is 23.7 Å². The van der Waals surface area contributed by atoms with E-state index in [1.54, 1.807) is 66.7 Å². The maximum atomic E-state index is 13.8. The molecule has 0 radical (unpaired) electrons. The summed E-state index contributed by atoms with van der Waals surface area (Å²) >= 11 is 0. The molecule has 0 fully saturated rings. The van der Waals surface area contributed by atoms with Crippen LogP contribution >= 0.6 is 0 Å². The average Bonchev–Trinajstić information content (AvgIpc) is 2.86. The second-order valence-corrected chi connectivity index (χ2v) is 8.49. The molecule has 0 heterocycles. The average molecular weight is 519 g/mol. The number of ether oxygens (including phenoxy) is 2. The maximum absolute atomic E-state index is 13.8. The van der Waals surface area contributed by atoms with Crippen LogP contribution in [0.5, 0.6) is 11.5 Å². The fourth-order valence-electron chi connectivity index (χ4n) is 3.16. The molecule has 0 unspecified atom stereocenters. The molecular weight excluding hydrogens is 493 g/mol. The first-order chi connectivity index (χ1) is 17.9. The minimum absolute atomic E-state index is 0.0114. The van der Waals surface area contributed by atoms with Crippen LogP contribution in [0.1, 0.15) is 41.7 Å². The highest BCUT2D eigenvalue weighted by atomic mass is 19.4. The van der Waals surface area contributed by atoms with Gasteiger partial charge in [0.2, 0.25) is 0 Å². The van der Waals surface area contributed by atoms with E-state index in [0.717, 1.165) is 6.07 Å². The lowest BCUT2D eigenvalue weighted by atomic mass is 10.0. The van der Waals surface area contributed by atoms with E-state index >= 15 is 0 Å². The van der Waals surface area contributed by atoms with Gasteiger partial charge in [0.05, 0.1) is 5.56 Å². The summed E-state index contributed by atoms with van der Waals surface area (Å²) in [5.74, 6) is -0.527. The predicted molar refractivity (Wildman–Crippen MR) is 143 cm³/mol. The van der Waals surface area contributed by atoms with Crippen molar-refractivity contribution in [3.63, 3.8) is 0 Å². The summed E-state index contributed by atoms with van der Waals surface area (Å²) in [7, 11) is 0. The van der Waals surface area contributed by atoms with Crippen LogP contribution in [0.4, 0.5) is 13.2 Å². The van der Waals surface area contributed by atoms with Gasteiger partial charge in [-0.3, -0.25) is 0 Å². The van der Waals surface area contributed by atoms with Crippen molar-refractivity contribution < 1.29 is 32.2 Å². The molecule has 194 valence electrons. The first-order valence-electron chi connectivity index (χ1n) is 11.5. The summed E-state index contributed by atoms with van der Waals surface area (Å²) in [5, 5.41) is 0. The minimum atomic E-state index is -4.57. The highest BCUT2D eigenvalue weighted by Crippen LogP contribution is 2.34. The van der Waals surface area contributed by atoms with Crippen molar-refractivity contribution in [1.82, 2.24) is 0 Å². The number of halogens is 3. The Morgan fingerprint density at radius 1 is 0.684 bits per heavy atom. The second-order valence-electron chi connectivity index (χ2n) is 8.49. The topological polar surface area (TPSA) is 52.6 Å². The van der Waals surface area contributed by atoms with Gasteiger partial charge in [0.25, 0.3) is 0 Å². The van der Waals surface area contributed by atoms with Crippen LogP contribution in [0.2, 0.25) is 0 Å². The van der Waals surface area contributed by atoms with Crippen molar-refractivity contribution in [3.05, 3.63) is 119 Å².